The third kappa shape index (κ3) is 3.99. The summed E-state index contributed by atoms with van der Waals surface area (Å²) < 4.78 is 5.50. The summed E-state index contributed by atoms with van der Waals surface area (Å²) in [5.41, 5.74) is 2.13. The summed E-state index contributed by atoms with van der Waals surface area (Å²) in [6.45, 7) is 8.64. The molecule has 3 nitrogen and oxygen atoms in total. The van der Waals surface area contributed by atoms with Crippen molar-refractivity contribution in [3.8, 4) is 0 Å². The first-order chi connectivity index (χ1) is 9.35. The fourth-order valence-corrected chi connectivity index (χ4v) is 2.61. The average Bonchev–Trinajstić information content (AvgIpc) is 2.78. The van der Waals surface area contributed by atoms with Crippen LogP contribution in [-0.2, 0) is 11.2 Å². The van der Waals surface area contributed by atoms with E-state index in [-0.39, 0.29) is 12.1 Å². The normalized spacial score (nSPS) is 19.2. The second kappa shape index (κ2) is 5.86. The van der Waals surface area contributed by atoms with Crippen molar-refractivity contribution in [2.24, 2.45) is 0 Å². The molecule has 1 saturated heterocycles. The van der Waals surface area contributed by atoms with Gasteiger partial charge in [0.05, 0.1) is 0 Å². The predicted octanol–water partition coefficient (Wildman–Crippen LogP) is 3.94. The molecule has 3 heteroatoms. The molecular weight excluding hydrogens is 250 g/mol. The van der Waals surface area contributed by atoms with Gasteiger partial charge in [0.2, 0.25) is 0 Å². The molecule has 0 saturated carbocycles. The van der Waals surface area contributed by atoms with Gasteiger partial charge >= 0.3 is 6.09 Å². The molecule has 20 heavy (non-hydrogen) atoms. The summed E-state index contributed by atoms with van der Waals surface area (Å²) in [5, 5.41) is 0. The van der Waals surface area contributed by atoms with Crippen LogP contribution >= 0.6 is 0 Å². The van der Waals surface area contributed by atoms with E-state index in [1.807, 2.05) is 25.7 Å². The molecular formula is C17H25NO2. The Kier molecular flexibility index (Phi) is 4.36. The number of hydrogen-bond donors (Lipinski definition) is 0. The van der Waals surface area contributed by atoms with Crippen LogP contribution < -0.4 is 0 Å². The second-order valence-corrected chi connectivity index (χ2v) is 6.66. The van der Waals surface area contributed by atoms with Gasteiger partial charge in [0.1, 0.15) is 5.60 Å². The molecule has 1 atom stereocenters. The summed E-state index contributed by atoms with van der Waals surface area (Å²) in [7, 11) is 0. The summed E-state index contributed by atoms with van der Waals surface area (Å²) in [6.07, 6.45) is 2.87. The second-order valence-electron chi connectivity index (χ2n) is 6.66. The van der Waals surface area contributed by atoms with Crippen molar-refractivity contribution in [2.45, 2.75) is 58.6 Å². The molecule has 1 aliphatic heterocycles. The van der Waals surface area contributed by atoms with Gasteiger partial charge in [0.25, 0.3) is 0 Å². The standard InChI is InChI=1S/C17H25NO2/c1-13-7-9-14(10-8-13)12-15-6-5-11-18(15)16(19)20-17(2,3)4/h7-10,15H,5-6,11-12H2,1-4H3. The minimum absolute atomic E-state index is 0.174. The number of ether oxygens (including phenoxy) is 1. The topological polar surface area (TPSA) is 29.5 Å². The molecule has 1 aromatic rings. The molecule has 2 rings (SSSR count). The Morgan fingerprint density at radius 2 is 1.95 bits per heavy atom. The zero-order valence-corrected chi connectivity index (χ0v) is 13.0. The van der Waals surface area contributed by atoms with Gasteiger partial charge in [-0.1, -0.05) is 29.8 Å². The van der Waals surface area contributed by atoms with E-state index in [2.05, 4.69) is 31.2 Å². The van der Waals surface area contributed by atoms with Gasteiger partial charge in [-0.05, 0) is 52.5 Å². The van der Waals surface area contributed by atoms with Crippen molar-refractivity contribution in [1.29, 1.82) is 0 Å². The number of nitrogens with zero attached hydrogens (tertiary/aromatic N) is 1. The first kappa shape index (κ1) is 14.9. The number of carbonyl (C=O) groups excluding carboxylic acids is 1. The van der Waals surface area contributed by atoms with E-state index in [4.69, 9.17) is 4.74 Å². The van der Waals surface area contributed by atoms with E-state index in [0.29, 0.717) is 0 Å². The molecule has 110 valence electrons. The van der Waals surface area contributed by atoms with Crippen molar-refractivity contribution in [2.75, 3.05) is 6.54 Å². The van der Waals surface area contributed by atoms with Gasteiger partial charge in [0.15, 0.2) is 0 Å². The molecule has 0 aromatic heterocycles. The molecule has 1 aliphatic rings. The molecule has 0 spiro atoms. The van der Waals surface area contributed by atoms with Crippen molar-refractivity contribution < 1.29 is 9.53 Å². The molecule has 1 amide bonds. The summed E-state index contributed by atoms with van der Waals surface area (Å²) >= 11 is 0. The fourth-order valence-electron chi connectivity index (χ4n) is 2.61. The highest BCUT2D eigenvalue weighted by molar-refractivity contribution is 5.69. The van der Waals surface area contributed by atoms with Crippen LogP contribution in [0.2, 0.25) is 0 Å². The van der Waals surface area contributed by atoms with E-state index in [9.17, 15) is 4.79 Å². The maximum Gasteiger partial charge on any atom is 0.410 e. The maximum absolute atomic E-state index is 12.2. The monoisotopic (exact) mass is 275 g/mol. The Morgan fingerprint density at radius 1 is 1.30 bits per heavy atom. The molecule has 1 heterocycles. The minimum Gasteiger partial charge on any atom is -0.444 e. The number of benzene rings is 1. The van der Waals surface area contributed by atoms with Crippen LogP contribution in [0, 0.1) is 6.92 Å². The minimum atomic E-state index is -0.423. The third-order valence-corrected chi connectivity index (χ3v) is 3.60. The smallest absolute Gasteiger partial charge is 0.410 e. The van der Waals surface area contributed by atoms with Crippen LogP contribution in [0.4, 0.5) is 4.79 Å². The zero-order valence-electron chi connectivity index (χ0n) is 13.0. The lowest BCUT2D eigenvalue weighted by atomic mass is 10.0. The highest BCUT2D eigenvalue weighted by Gasteiger charge is 2.31. The van der Waals surface area contributed by atoms with Gasteiger partial charge < -0.3 is 9.64 Å². The van der Waals surface area contributed by atoms with Crippen LogP contribution in [0.15, 0.2) is 24.3 Å². The van der Waals surface area contributed by atoms with Gasteiger partial charge in [-0.25, -0.2) is 4.79 Å². The number of carbonyl (C=O) groups is 1. The fraction of sp³-hybridized carbons (Fsp3) is 0.588. The Morgan fingerprint density at radius 3 is 2.55 bits per heavy atom. The number of aryl methyl sites for hydroxylation is 1. The molecule has 0 bridgehead atoms. The third-order valence-electron chi connectivity index (χ3n) is 3.60. The molecule has 1 unspecified atom stereocenters. The number of amides is 1. The van der Waals surface area contributed by atoms with E-state index in [0.717, 1.165) is 25.8 Å². The first-order valence-electron chi connectivity index (χ1n) is 7.40. The summed E-state index contributed by atoms with van der Waals surface area (Å²) in [5.74, 6) is 0. The number of rotatable bonds is 2. The maximum atomic E-state index is 12.2. The molecule has 1 aromatic carbocycles. The van der Waals surface area contributed by atoms with Gasteiger partial charge in [-0.3, -0.25) is 0 Å². The van der Waals surface area contributed by atoms with Crippen molar-refractivity contribution in [3.05, 3.63) is 35.4 Å². The van der Waals surface area contributed by atoms with Crippen LogP contribution in [0.25, 0.3) is 0 Å². The molecule has 0 N–H and O–H groups in total. The SMILES string of the molecule is Cc1ccc(CC2CCCN2C(=O)OC(C)(C)C)cc1. The van der Waals surface area contributed by atoms with Gasteiger partial charge in [0, 0.05) is 12.6 Å². The van der Waals surface area contributed by atoms with Gasteiger partial charge in [-0.15, -0.1) is 0 Å². The Hall–Kier alpha value is -1.51. The molecule has 0 radical (unpaired) electrons. The summed E-state index contributed by atoms with van der Waals surface area (Å²) in [6, 6.07) is 8.83. The lowest BCUT2D eigenvalue weighted by molar-refractivity contribution is 0.0227. The van der Waals surface area contributed by atoms with E-state index in [1.54, 1.807) is 0 Å². The number of likely N-dealkylation sites (tertiary alicyclic amines) is 1. The van der Waals surface area contributed by atoms with Crippen LogP contribution in [-0.4, -0.2) is 29.2 Å². The quantitative estimate of drug-likeness (QED) is 0.818. The van der Waals surface area contributed by atoms with Crippen molar-refractivity contribution in [3.63, 3.8) is 0 Å². The largest absolute Gasteiger partial charge is 0.444 e. The van der Waals surface area contributed by atoms with Crippen molar-refractivity contribution in [1.82, 2.24) is 4.90 Å². The van der Waals surface area contributed by atoms with Crippen LogP contribution in [0.1, 0.15) is 44.7 Å². The Bertz CT molecular complexity index is 459. The predicted molar refractivity (Wildman–Crippen MR) is 80.8 cm³/mol. The van der Waals surface area contributed by atoms with Crippen LogP contribution in [0.5, 0.6) is 0 Å². The van der Waals surface area contributed by atoms with Crippen molar-refractivity contribution >= 4 is 6.09 Å². The highest BCUT2D eigenvalue weighted by Crippen LogP contribution is 2.23. The lowest BCUT2D eigenvalue weighted by Gasteiger charge is -2.28. The average molecular weight is 275 g/mol. The zero-order chi connectivity index (χ0) is 14.8. The van der Waals surface area contributed by atoms with E-state index < -0.39 is 5.60 Å². The Labute approximate surface area is 121 Å². The van der Waals surface area contributed by atoms with Gasteiger partial charge in [-0.2, -0.15) is 0 Å². The number of hydrogen-bond acceptors (Lipinski definition) is 2. The lowest BCUT2D eigenvalue weighted by Crippen LogP contribution is -2.40. The highest BCUT2D eigenvalue weighted by atomic mass is 16.6. The summed E-state index contributed by atoms with van der Waals surface area (Å²) in [4.78, 5) is 14.1. The van der Waals surface area contributed by atoms with E-state index in [1.165, 1.54) is 11.1 Å². The molecule has 1 fully saturated rings. The van der Waals surface area contributed by atoms with E-state index >= 15 is 0 Å². The first-order valence-corrected chi connectivity index (χ1v) is 7.40. The van der Waals surface area contributed by atoms with Crippen LogP contribution in [0.3, 0.4) is 0 Å². The molecule has 0 aliphatic carbocycles. The Balaban J connectivity index is 2.00.